The van der Waals surface area contributed by atoms with Gasteiger partial charge in [-0.2, -0.15) is 0 Å². The van der Waals surface area contributed by atoms with Gasteiger partial charge in [0.15, 0.2) is 11.5 Å². The number of imidazole rings is 1. The van der Waals surface area contributed by atoms with Crippen LogP contribution in [0.5, 0.6) is 28.7 Å². The molecule has 2 fully saturated rings. The van der Waals surface area contributed by atoms with Crippen LogP contribution >= 0.6 is 11.6 Å². The van der Waals surface area contributed by atoms with Crippen molar-refractivity contribution in [1.82, 2.24) is 18.8 Å². The summed E-state index contributed by atoms with van der Waals surface area (Å²) in [6, 6.07) is 35.3. The molecule has 1 aromatic heterocycles. The number of benzene rings is 6. The molecular formula is C61H64ClFN6O11S. The fraction of sp³-hybridized carbons (Fsp3) is 0.344. The van der Waals surface area contributed by atoms with Crippen molar-refractivity contribution in [3.05, 3.63) is 181 Å². The zero-order valence-electron chi connectivity index (χ0n) is 45.8. The van der Waals surface area contributed by atoms with Gasteiger partial charge in [0, 0.05) is 88.7 Å². The first-order chi connectivity index (χ1) is 38.8. The number of hydrogen-bond donors (Lipinski definition) is 1. The Bertz CT molecular complexity index is 3640. The lowest BCUT2D eigenvalue weighted by Gasteiger charge is -2.39. The zero-order valence-corrected chi connectivity index (χ0v) is 47.4. The van der Waals surface area contributed by atoms with E-state index in [2.05, 4.69) is 40.5 Å². The van der Waals surface area contributed by atoms with Crippen LogP contribution in [-0.4, -0.2) is 106 Å². The Morgan fingerprint density at radius 3 is 2.11 bits per heavy atom. The minimum absolute atomic E-state index is 0.0252. The quantitative estimate of drug-likeness (QED) is 0.0632. The fourth-order valence-corrected chi connectivity index (χ4v) is 12.2. The lowest BCUT2D eigenvalue weighted by molar-refractivity contribution is -0.386. The molecule has 1 amide bonds. The average molecular weight is 1140 g/mol. The van der Waals surface area contributed by atoms with Crippen LogP contribution in [0.25, 0.3) is 16.6 Å². The third-order valence-corrected chi connectivity index (χ3v) is 17.3. The van der Waals surface area contributed by atoms with Crippen LogP contribution in [0.1, 0.15) is 79.0 Å². The fourth-order valence-electron chi connectivity index (χ4n) is 11.0. The van der Waals surface area contributed by atoms with Crippen molar-refractivity contribution in [3.8, 4) is 28.7 Å². The Kier molecular flexibility index (Phi) is 16.3. The van der Waals surface area contributed by atoms with E-state index >= 15 is 4.39 Å². The molecule has 81 heavy (non-hydrogen) atoms. The third-order valence-electron chi connectivity index (χ3n) is 15.7. The van der Waals surface area contributed by atoms with Crippen molar-refractivity contribution in [2.24, 2.45) is 12.5 Å². The minimum atomic E-state index is -4.81. The van der Waals surface area contributed by atoms with E-state index < -0.39 is 49.8 Å². The van der Waals surface area contributed by atoms with Crippen LogP contribution in [0, 0.1) is 15.5 Å². The predicted octanol–water partition coefficient (Wildman–Crippen LogP) is 11.2. The monoisotopic (exact) mass is 1140 g/mol. The number of carbonyl (C=O) groups excluding carboxylic acids is 1. The number of aryl methyl sites for hydroxylation is 1. The number of aromatic nitrogens is 2. The Balaban J connectivity index is 0.985. The lowest BCUT2D eigenvalue weighted by Crippen LogP contribution is -2.47. The van der Waals surface area contributed by atoms with Crippen LogP contribution in [0.2, 0.25) is 5.02 Å². The zero-order chi connectivity index (χ0) is 57.2. The number of ether oxygens (including phenoxy) is 5. The first-order valence-corrected chi connectivity index (χ1v) is 28.7. The second-order valence-corrected chi connectivity index (χ2v) is 23.8. The molecule has 20 heteroatoms. The minimum Gasteiger partial charge on any atom is -0.497 e. The van der Waals surface area contributed by atoms with Gasteiger partial charge in [-0.25, -0.2) is 22.3 Å². The van der Waals surface area contributed by atoms with Gasteiger partial charge >= 0.3 is 11.4 Å². The highest BCUT2D eigenvalue weighted by Gasteiger charge is 2.36. The number of nitro benzene ring substituents is 1. The molecule has 10 rings (SSSR count). The number of hydrogen-bond acceptors (Lipinski definition) is 13. The van der Waals surface area contributed by atoms with Gasteiger partial charge in [0.25, 0.3) is 15.9 Å². The molecule has 2 saturated heterocycles. The highest BCUT2D eigenvalue weighted by molar-refractivity contribution is 7.90. The Morgan fingerprint density at radius 1 is 0.827 bits per heavy atom. The molecule has 7 aromatic rings. The number of anilines is 1. The number of amides is 1. The predicted molar refractivity (Wildman–Crippen MR) is 309 cm³/mol. The van der Waals surface area contributed by atoms with Crippen molar-refractivity contribution >= 4 is 55.5 Å². The van der Waals surface area contributed by atoms with Gasteiger partial charge in [-0.1, -0.05) is 73.5 Å². The SMILES string of the molecule is COc1ccc(C(c2ccc(OC)cc2)n2c(=O)n(C)c3c(Oc4cc(N5CCN(CC6=C(c7ccc(Cl)cc7)CC(C)(C)CC6)CC5)ccc4C(=O)NS(=O)(=O)c4ccc(OCC5(F)CCOCC5)c([N+](=O)[O-])c4)cccc32)cc1. The molecular weight excluding hydrogens is 1080 g/mol. The molecule has 0 bridgehead atoms. The number of fused-ring (bicyclic) bond motifs is 1. The number of methoxy groups -OCH3 is 2. The van der Waals surface area contributed by atoms with Crippen LogP contribution in [0.15, 0.2) is 143 Å². The van der Waals surface area contributed by atoms with Gasteiger partial charge in [0.2, 0.25) is 0 Å². The van der Waals surface area contributed by atoms with E-state index in [4.69, 9.17) is 35.3 Å². The number of sulfonamides is 1. The molecule has 0 unspecified atom stereocenters. The maximum absolute atomic E-state index is 15.4. The van der Waals surface area contributed by atoms with Crippen LogP contribution in [0.3, 0.4) is 0 Å². The van der Waals surface area contributed by atoms with Gasteiger partial charge in [0.05, 0.1) is 41.2 Å². The number of nitrogens with one attached hydrogen (secondary N) is 1. The molecule has 424 valence electrons. The summed E-state index contributed by atoms with van der Waals surface area (Å²) < 4.78 is 77.4. The van der Waals surface area contributed by atoms with E-state index in [-0.39, 0.29) is 60.0 Å². The summed E-state index contributed by atoms with van der Waals surface area (Å²) >= 11 is 6.30. The summed E-state index contributed by atoms with van der Waals surface area (Å²) in [5.74, 6) is 0.00502. The number of piperazine rings is 1. The molecule has 1 N–H and O–H groups in total. The molecule has 0 atom stereocenters. The van der Waals surface area contributed by atoms with Crippen molar-refractivity contribution in [3.63, 3.8) is 0 Å². The normalized spacial score (nSPS) is 16.6. The van der Waals surface area contributed by atoms with Crippen molar-refractivity contribution in [1.29, 1.82) is 0 Å². The molecule has 2 aliphatic heterocycles. The van der Waals surface area contributed by atoms with Crippen LogP contribution in [0.4, 0.5) is 15.8 Å². The molecule has 0 radical (unpaired) electrons. The highest BCUT2D eigenvalue weighted by atomic mass is 35.5. The maximum Gasteiger partial charge on any atom is 0.329 e. The first-order valence-electron chi connectivity index (χ1n) is 26.8. The van der Waals surface area contributed by atoms with E-state index in [1.807, 2.05) is 60.7 Å². The highest BCUT2D eigenvalue weighted by Crippen LogP contribution is 2.44. The number of para-hydroxylation sites is 1. The number of carbonyl (C=O) groups is 1. The molecule has 0 spiro atoms. The van der Waals surface area contributed by atoms with E-state index in [1.54, 1.807) is 56.2 Å². The molecule has 17 nitrogen and oxygen atoms in total. The molecule has 1 aliphatic carbocycles. The Labute approximate surface area is 474 Å². The van der Waals surface area contributed by atoms with Gasteiger partial charge in [-0.3, -0.25) is 28.9 Å². The summed E-state index contributed by atoms with van der Waals surface area (Å²) in [6.45, 7) is 7.98. The number of allylic oxidation sites excluding steroid dienone is 1. The second-order valence-electron chi connectivity index (χ2n) is 21.6. The molecule has 6 aromatic carbocycles. The van der Waals surface area contributed by atoms with Crippen molar-refractivity contribution < 1.29 is 46.2 Å². The number of nitro groups is 1. The van der Waals surface area contributed by atoms with Gasteiger partial charge < -0.3 is 28.6 Å². The van der Waals surface area contributed by atoms with E-state index in [0.29, 0.717) is 46.3 Å². The molecule has 0 saturated carbocycles. The largest absolute Gasteiger partial charge is 0.497 e. The van der Waals surface area contributed by atoms with Crippen LogP contribution in [-0.2, 0) is 21.8 Å². The summed E-state index contributed by atoms with van der Waals surface area (Å²) in [5, 5.41) is 13.0. The van der Waals surface area contributed by atoms with E-state index in [9.17, 15) is 28.1 Å². The van der Waals surface area contributed by atoms with E-state index in [1.165, 1.54) is 27.3 Å². The number of rotatable bonds is 18. The lowest BCUT2D eigenvalue weighted by atomic mass is 9.72. The van der Waals surface area contributed by atoms with Crippen molar-refractivity contribution in [2.45, 2.75) is 62.6 Å². The van der Waals surface area contributed by atoms with Crippen molar-refractivity contribution in [2.75, 3.05) is 71.7 Å². The van der Waals surface area contributed by atoms with E-state index in [0.717, 1.165) is 68.2 Å². The van der Waals surface area contributed by atoms with Gasteiger partial charge in [-0.05, 0) is 120 Å². The average Bonchev–Trinajstić information content (AvgIpc) is 4.02. The topological polar surface area (TPSA) is 186 Å². The first kappa shape index (κ1) is 56.6. The summed E-state index contributed by atoms with van der Waals surface area (Å²) in [6.07, 6.45) is 3.10. The number of alkyl halides is 1. The van der Waals surface area contributed by atoms with Gasteiger partial charge in [-0.15, -0.1) is 0 Å². The molecule has 3 heterocycles. The Morgan fingerprint density at radius 2 is 1.48 bits per heavy atom. The van der Waals surface area contributed by atoms with Crippen LogP contribution < -0.4 is 34.3 Å². The number of halogens is 2. The standard InChI is InChI=1S/C61H64ClFN6O11S/c1-60(2)26-25-43(50(37-60)40-9-15-44(62)16-10-40)38-66-29-31-67(32-30-66)45-17-23-49(58(70)64-81(74,75)48-22-24-53(52(36-48)69(72)73)79-39-61(63)27-33-78-34-28-61)55(35-45)80-54-8-6-7-51-57(54)65(3)59(71)68(51)56(41-11-18-46(76-4)19-12-41)42-13-20-47(77-5)21-14-42/h6-24,35-36,56H,25-34,37-39H2,1-5H3,(H,64,70). The number of nitrogens with zero attached hydrogens (tertiary/aromatic N) is 5. The Hall–Kier alpha value is -7.71. The second kappa shape index (κ2) is 23.4. The van der Waals surface area contributed by atoms with Gasteiger partial charge in [0.1, 0.15) is 35.0 Å². The third kappa shape index (κ3) is 12.3. The maximum atomic E-state index is 15.4. The smallest absolute Gasteiger partial charge is 0.329 e. The molecule has 3 aliphatic rings. The summed E-state index contributed by atoms with van der Waals surface area (Å²) in [7, 11) is -0.0234. The summed E-state index contributed by atoms with van der Waals surface area (Å²) in [4.78, 5) is 44.8. The summed E-state index contributed by atoms with van der Waals surface area (Å²) in [5.41, 5.74) is 4.21.